The summed E-state index contributed by atoms with van der Waals surface area (Å²) >= 11 is 0. The van der Waals surface area contributed by atoms with Gasteiger partial charge >= 0.3 is 0 Å². The van der Waals surface area contributed by atoms with Crippen LogP contribution in [0.4, 0.5) is 4.39 Å². The Hall–Kier alpha value is -2.26. The van der Waals surface area contributed by atoms with E-state index in [2.05, 4.69) is 68.4 Å². The van der Waals surface area contributed by atoms with Gasteiger partial charge in [-0.1, -0.05) is 50.2 Å². The molecule has 0 aliphatic heterocycles. The summed E-state index contributed by atoms with van der Waals surface area (Å²) in [6.45, 7) is 4.52. The van der Waals surface area contributed by atoms with Gasteiger partial charge in [0.2, 0.25) is 0 Å². The zero-order valence-electron chi connectivity index (χ0n) is 20.1. The minimum Gasteiger partial charge on any atom is -0.484 e. The molecule has 0 amide bonds. The van der Waals surface area contributed by atoms with Crippen molar-refractivity contribution in [1.82, 2.24) is 0 Å². The lowest BCUT2D eigenvalue weighted by Gasteiger charge is -2.36. The summed E-state index contributed by atoms with van der Waals surface area (Å²) in [6, 6.07) is 26.5. The van der Waals surface area contributed by atoms with Crippen LogP contribution in [0.1, 0.15) is 46.0 Å². The molecule has 3 heteroatoms. The van der Waals surface area contributed by atoms with Crippen molar-refractivity contribution in [2.45, 2.75) is 66.2 Å². The van der Waals surface area contributed by atoms with Crippen molar-refractivity contribution in [3.05, 3.63) is 84.7 Å². The highest BCUT2D eigenvalue weighted by atomic mass is 32.2. The molecule has 3 fully saturated rings. The molecule has 3 aromatic carbocycles. The van der Waals surface area contributed by atoms with Crippen molar-refractivity contribution in [3.63, 3.8) is 0 Å². The summed E-state index contributed by atoms with van der Waals surface area (Å²) in [7, 11) is -0.357. The van der Waals surface area contributed by atoms with Crippen LogP contribution in [-0.2, 0) is 10.9 Å². The minimum atomic E-state index is -0.357. The van der Waals surface area contributed by atoms with Crippen molar-refractivity contribution in [2.75, 3.05) is 0 Å². The van der Waals surface area contributed by atoms with Crippen LogP contribution >= 0.6 is 0 Å². The number of benzene rings is 3. The van der Waals surface area contributed by atoms with Crippen LogP contribution in [0.3, 0.4) is 0 Å². The first-order chi connectivity index (χ1) is 16.5. The maximum atomic E-state index is 15.7. The number of ether oxygens (including phenoxy) is 1. The Kier molecular flexibility index (Phi) is 5.72. The average molecular weight is 474 g/mol. The molecule has 1 nitrogen and oxygen atoms in total. The van der Waals surface area contributed by atoms with Crippen LogP contribution in [0.25, 0.3) is 0 Å². The predicted octanol–water partition coefficient (Wildman–Crippen LogP) is 8.15. The monoisotopic (exact) mass is 473 g/mol. The molecule has 3 aromatic rings. The second-order valence-corrected chi connectivity index (χ2v) is 12.9. The van der Waals surface area contributed by atoms with E-state index in [1.165, 1.54) is 29.1 Å². The van der Waals surface area contributed by atoms with Gasteiger partial charge in [-0.3, -0.25) is 0 Å². The maximum Gasteiger partial charge on any atom is 0.170 e. The Morgan fingerprint density at radius 2 is 1.35 bits per heavy atom. The molecule has 0 spiro atoms. The van der Waals surface area contributed by atoms with Crippen molar-refractivity contribution in [3.8, 4) is 5.75 Å². The largest absolute Gasteiger partial charge is 0.484 e. The maximum absolute atomic E-state index is 15.7. The smallest absolute Gasteiger partial charge is 0.170 e. The fourth-order valence-corrected chi connectivity index (χ4v) is 9.25. The molecule has 0 saturated heterocycles. The van der Waals surface area contributed by atoms with Gasteiger partial charge in [0.15, 0.2) is 26.3 Å². The normalized spacial score (nSPS) is 29.7. The van der Waals surface area contributed by atoms with Gasteiger partial charge in [-0.2, -0.15) is 0 Å². The van der Waals surface area contributed by atoms with Gasteiger partial charge in [0, 0.05) is 6.07 Å². The summed E-state index contributed by atoms with van der Waals surface area (Å²) in [5, 5.41) is 0. The summed E-state index contributed by atoms with van der Waals surface area (Å²) in [4.78, 5) is 3.38. The van der Waals surface area contributed by atoms with Crippen LogP contribution < -0.4 is 4.74 Å². The molecular formula is C31H34FOS+. The van der Waals surface area contributed by atoms with Gasteiger partial charge in [0.1, 0.15) is 5.60 Å². The molecule has 0 radical (unpaired) electrons. The Morgan fingerprint density at radius 1 is 0.794 bits per heavy atom. The standard InChI is InChI=1S/C31H34FOS/c1-21(2)31(19-27-22-13-14-23(17-22)28(27)20-31)33-30-16-15-26(18-29(30)32)34(24-9-5-3-6-10-24)25-11-7-4-8-12-25/h3-12,15-16,18,21-23,27-28H,13-14,17,19-20H2,1-2H3/q+1. The topological polar surface area (TPSA) is 9.23 Å². The first-order valence-corrected chi connectivity index (χ1v) is 14.1. The molecule has 3 aliphatic rings. The molecule has 3 aliphatic carbocycles. The lowest BCUT2D eigenvalue weighted by atomic mass is 9.82. The molecule has 4 atom stereocenters. The third-order valence-corrected chi connectivity index (χ3v) is 11.1. The van der Waals surface area contributed by atoms with Gasteiger partial charge in [-0.25, -0.2) is 4.39 Å². The van der Waals surface area contributed by atoms with Gasteiger partial charge < -0.3 is 4.74 Å². The van der Waals surface area contributed by atoms with E-state index < -0.39 is 0 Å². The molecule has 0 heterocycles. The molecule has 176 valence electrons. The Labute approximate surface area is 206 Å². The summed E-state index contributed by atoms with van der Waals surface area (Å²) < 4.78 is 22.4. The summed E-state index contributed by atoms with van der Waals surface area (Å²) in [5.41, 5.74) is -0.237. The molecule has 3 saturated carbocycles. The molecule has 2 bridgehead atoms. The van der Waals surface area contributed by atoms with E-state index in [-0.39, 0.29) is 22.3 Å². The van der Waals surface area contributed by atoms with Crippen LogP contribution in [0.2, 0.25) is 0 Å². The second kappa shape index (κ2) is 8.75. The van der Waals surface area contributed by atoms with Gasteiger partial charge in [-0.15, -0.1) is 0 Å². The quantitative estimate of drug-likeness (QED) is 0.328. The fraction of sp³-hybridized carbons (Fsp3) is 0.419. The van der Waals surface area contributed by atoms with Crippen LogP contribution in [0.15, 0.2) is 93.5 Å². The number of halogens is 1. The van der Waals surface area contributed by atoms with E-state index in [4.69, 9.17) is 4.74 Å². The molecule has 34 heavy (non-hydrogen) atoms. The van der Waals surface area contributed by atoms with E-state index in [9.17, 15) is 0 Å². The first kappa shape index (κ1) is 22.2. The number of rotatable bonds is 6. The average Bonchev–Trinajstić information content (AvgIpc) is 3.55. The van der Waals surface area contributed by atoms with Crippen LogP contribution in [-0.4, -0.2) is 5.60 Å². The summed E-state index contributed by atoms with van der Waals surface area (Å²) in [6.07, 6.45) is 6.40. The minimum absolute atomic E-state index is 0.234. The highest BCUT2D eigenvalue weighted by molar-refractivity contribution is 7.97. The highest BCUT2D eigenvalue weighted by Crippen LogP contribution is 2.63. The number of hydrogen-bond acceptors (Lipinski definition) is 1. The molecular weight excluding hydrogens is 439 g/mol. The molecule has 4 unspecified atom stereocenters. The lowest BCUT2D eigenvalue weighted by Crippen LogP contribution is -2.40. The Balaban J connectivity index is 1.31. The zero-order chi connectivity index (χ0) is 23.3. The van der Waals surface area contributed by atoms with E-state index in [0.717, 1.165) is 41.4 Å². The number of fused-ring (bicyclic) bond motifs is 5. The van der Waals surface area contributed by atoms with E-state index >= 15 is 4.39 Å². The van der Waals surface area contributed by atoms with Crippen molar-refractivity contribution < 1.29 is 9.13 Å². The summed E-state index contributed by atoms with van der Waals surface area (Å²) in [5.74, 6) is 3.89. The molecule has 0 aromatic heterocycles. The first-order valence-electron chi connectivity index (χ1n) is 12.9. The van der Waals surface area contributed by atoms with Crippen LogP contribution in [0, 0.1) is 35.4 Å². The highest BCUT2D eigenvalue weighted by Gasteiger charge is 2.59. The lowest BCUT2D eigenvalue weighted by molar-refractivity contribution is 0.0142. The van der Waals surface area contributed by atoms with Crippen LogP contribution in [0.5, 0.6) is 5.75 Å². The van der Waals surface area contributed by atoms with Crippen molar-refractivity contribution in [1.29, 1.82) is 0 Å². The SMILES string of the molecule is CC(C)C1(Oc2ccc([S+](c3ccccc3)c3ccccc3)cc2F)CC2C3CCC(C3)C2C1. The third-order valence-electron chi connectivity index (χ3n) is 8.90. The van der Waals surface area contributed by atoms with Crippen molar-refractivity contribution >= 4 is 10.9 Å². The van der Waals surface area contributed by atoms with Crippen molar-refractivity contribution in [2.24, 2.45) is 29.6 Å². The van der Waals surface area contributed by atoms with E-state index in [1.807, 2.05) is 18.2 Å². The second-order valence-electron chi connectivity index (χ2n) is 10.9. The number of hydrogen-bond donors (Lipinski definition) is 0. The fourth-order valence-electron chi connectivity index (χ4n) is 7.15. The molecule has 0 N–H and O–H groups in total. The predicted molar refractivity (Wildman–Crippen MR) is 137 cm³/mol. The van der Waals surface area contributed by atoms with E-state index in [1.54, 1.807) is 6.07 Å². The third kappa shape index (κ3) is 3.77. The Morgan fingerprint density at radius 3 is 1.85 bits per heavy atom. The van der Waals surface area contributed by atoms with Gasteiger partial charge in [0.25, 0.3) is 0 Å². The van der Waals surface area contributed by atoms with Gasteiger partial charge in [-0.05, 0) is 98.1 Å². The molecule has 6 rings (SSSR count). The zero-order valence-corrected chi connectivity index (χ0v) is 20.9. The Bertz CT molecular complexity index is 1090. The van der Waals surface area contributed by atoms with E-state index in [0.29, 0.717) is 11.7 Å². The van der Waals surface area contributed by atoms with Gasteiger partial charge in [0.05, 0.1) is 10.9 Å².